The van der Waals surface area contributed by atoms with Crippen LogP contribution in [0.2, 0.25) is 0 Å². The number of benzene rings is 3. The Labute approximate surface area is 225 Å². The summed E-state index contributed by atoms with van der Waals surface area (Å²) < 4.78 is 0. The van der Waals surface area contributed by atoms with Crippen molar-refractivity contribution in [1.82, 2.24) is 14.9 Å². The Morgan fingerprint density at radius 1 is 0.789 bits per heavy atom. The number of aromatic nitrogens is 2. The van der Waals surface area contributed by atoms with Crippen LogP contribution >= 0.6 is 0 Å². The van der Waals surface area contributed by atoms with Crippen LogP contribution in [0.5, 0.6) is 0 Å². The molecule has 194 valence electrons. The summed E-state index contributed by atoms with van der Waals surface area (Å²) in [5.74, 6) is 1.70. The fourth-order valence-electron chi connectivity index (χ4n) is 5.00. The Balaban J connectivity index is 1.39. The van der Waals surface area contributed by atoms with Gasteiger partial charge in [-0.1, -0.05) is 78.4 Å². The zero-order chi connectivity index (χ0) is 26.6. The van der Waals surface area contributed by atoms with Crippen LogP contribution in [0.3, 0.4) is 0 Å². The molecule has 6 heteroatoms. The van der Waals surface area contributed by atoms with E-state index in [1.165, 1.54) is 11.1 Å². The summed E-state index contributed by atoms with van der Waals surface area (Å²) in [4.78, 5) is 27.4. The molecule has 0 radical (unpaired) electrons. The molecule has 38 heavy (non-hydrogen) atoms. The minimum atomic E-state index is -0.0502. The molecule has 1 fully saturated rings. The first-order valence-corrected chi connectivity index (χ1v) is 13.2. The van der Waals surface area contributed by atoms with Crippen LogP contribution < -0.4 is 10.2 Å². The number of hydrogen-bond acceptors (Lipinski definition) is 4. The normalized spacial score (nSPS) is 13.5. The molecule has 2 heterocycles. The molecule has 1 N–H and O–H groups in total. The number of aryl methyl sites for hydroxylation is 4. The van der Waals surface area contributed by atoms with E-state index >= 15 is 0 Å². The lowest BCUT2D eigenvalue weighted by Crippen LogP contribution is -2.50. The van der Waals surface area contributed by atoms with Gasteiger partial charge < -0.3 is 15.1 Å². The molecule has 0 spiro atoms. The number of amides is 2. The second kappa shape index (κ2) is 11.1. The Morgan fingerprint density at radius 2 is 1.45 bits per heavy atom. The van der Waals surface area contributed by atoms with Crippen LogP contribution in [-0.4, -0.2) is 47.1 Å². The first-order chi connectivity index (χ1) is 18.4. The summed E-state index contributed by atoms with van der Waals surface area (Å²) >= 11 is 0. The predicted octanol–water partition coefficient (Wildman–Crippen LogP) is 6.32. The molecule has 1 saturated heterocycles. The van der Waals surface area contributed by atoms with E-state index in [-0.39, 0.29) is 6.03 Å². The lowest BCUT2D eigenvalue weighted by molar-refractivity contribution is 0.208. The van der Waals surface area contributed by atoms with Crippen molar-refractivity contribution < 1.29 is 4.79 Å². The SMILES string of the molecule is Cc1ccc(-c2nc(C)c(Cc3ccccc3)c(N3CCN(C(=O)Nc4c(C)cccc4C)CC3)n2)cc1. The molecule has 0 saturated carbocycles. The standard InChI is InChI=1S/C32H35N5O/c1-22-13-15-27(16-14-22)30-33-25(4)28(21-26-11-6-5-7-12-26)31(35-30)36-17-19-37(20-18-36)32(38)34-29-23(2)9-8-10-24(29)3/h5-16H,17-21H2,1-4H3,(H,34,38). The number of para-hydroxylation sites is 1. The van der Waals surface area contributed by atoms with Gasteiger partial charge in [0.25, 0.3) is 0 Å². The molecular formula is C32H35N5O. The lowest BCUT2D eigenvalue weighted by Gasteiger charge is -2.36. The highest BCUT2D eigenvalue weighted by Gasteiger charge is 2.26. The molecule has 0 atom stereocenters. The van der Waals surface area contributed by atoms with Gasteiger partial charge in [0.2, 0.25) is 0 Å². The van der Waals surface area contributed by atoms with E-state index in [0.717, 1.165) is 51.7 Å². The highest BCUT2D eigenvalue weighted by Crippen LogP contribution is 2.29. The van der Waals surface area contributed by atoms with E-state index in [4.69, 9.17) is 9.97 Å². The number of anilines is 2. The first kappa shape index (κ1) is 25.5. The average Bonchev–Trinajstić information content (AvgIpc) is 2.93. The molecule has 1 aliphatic rings. The van der Waals surface area contributed by atoms with E-state index < -0.39 is 0 Å². The van der Waals surface area contributed by atoms with Gasteiger partial charge >= 0.3 is 6.03 Å². The molecule has 0 unspecified atom stereocenters. The summed E-state index contributed by atoms with van der Waals surface area (Å²) in [6.07, 6.45) is 0.767. The van der Waals surface area contributed by atoms with Crippen LogP contribution in [0.1, 0.15) is 33.5 Å². The zero-order valence-electron chi connectivity index (χ0n) is 22.7. The average molecular weight is 506 g/mol. The molecule has 4 aromatic rings. The van der Waals surface area contributed by atoms with Crippen LogP contribution in [0.4, 0.5) is 16.3 Å². The number of nitrogens with one attached hydrogen (secondary N) is 1. The van der Waals surface area contributed by atoms with E-state index in [0.29, 0.717) is 26.2 Å². The van der Waals surface area contributed by atoms with Gasteiger partial charge in [0.1, 0.15) is 5.82 Å². The monoisotopic (exact) mass is 505 g/mol. The fourth-order valence-corrected chi connectivity index (χ4v) is 5.00. The highest BCUT2D eigenvalue weighted by atomic mass is 16.2. The lowest BCUT2D eigenvalue weighted by atomic mass is 10.0. The minimum absolute atomic E-state index is 0.0502. The second-order valence-corrected chi connectivity index (χ2v) is 10.1. The third kappa shape index (κ3) is 5.54. The molecule has 0 bridgehead atoms. The Hall–Kier alpha value is -4.19. The van der Waals surface area contributed by atoms with Crippen molar-refractivity contribution in [1.29, 1.82) is 0 Å². The summed E-state index contributed by atoms with van der Waals surface area (Å²) in [5, 5.41) is 3.13. The number of carbonyl (C=O) groups is 1. The Kier molecular flexibility index (Phi) is 7.40. The van der Waals surface area contributed by atoms with Gasteiger partial charge in [0, 0.05) is 55.1 Å². The van der Waals surface area contributed by atoms with Crippen molar-refractivity contribution in [3.8, 4) is 11.4 Å². The van der Waals surface area contributed by atoms with Crippen LogP contribution in [-0.2, 0) is 6.42 Å². The largest absolute Gasteiger partial charge is 0.353 e. The molecule has 1 aliphatic heterocycles. The number of piperazine rings is 1. The van der Waals surface area contributed by atoms with Gasteiger partial charge in [-0.25, -0.2) is 14.8 Å². The predicted molar refractivity (Wildman–Crippen MR) is 155 cm³/mol. The second-order valence-electron chi connectivity index (χ2n) is 10.1. The van der Waals surface area contributed by atoms with Gasteiger partial charge in [-0.15, -0.1) is 0 Å². The van der Waals surface area contributed by atoms with Crippen molar-refractivity contribution in [2.75, 3.05) is 36.4 Å². The Bertz CT molecular complexity index is 1400. The molecule has 3 aromatic carbocycles. The van der Waals surface area contributed by atoms with Crippen molar-refractivity contribution >= 4 is 17.5 Å². The highest BCUT2D eigenvalue weighted by molar-refractivity contribution is 5.91. The molecular weight excluding hydrogens is 470 g/mol. The van der Waals surface area contributed by atoms with Crippen LogP contribution in [0, 0.1) is 27.7 Å². The maximum Gasteiger partial charge on any atom is 0.321 e. The molecule has 6 nitrogen and oxygen atoms in total. The topological polar surface area (TPSA) is 61.4 Å². The van der Waals surface area contributed by atoms with Crippen molar-refractivity contribution in [3.63, 3.8) is 0 Å². The number of urea groups is 1. The number of carbonyl (C=O) groups excluding carboxylic acids is 1. The number of hydrogen-bond donors (Lipinski definition) is 1. The van der Waals surface area contributed by atoms with Gasteiger partial charge in [0.05, 0.1) is 0 Å². The molecule has 1 aromatic heterocycles. The van der Waals surface area contributed by atoms with E-state index in [1.54, 1.807) is 0 Å². The van der Waals surface area contributed by atoms with Gasteiger partial charge in [-0.05, 0) is 44.4 Å². The van der Waals surface area contributed by atoms with Gasteiger partial charge in [-0.2, -0.15) is 0 Å². The quantitative estimate of drug-likeness (QED) is 0.345. The van der Waals surface area contributed by atoms with E-state index in [1.807, 2.05) is 43.0 Å². The summed E-state index contributed by atoms with van der Waals surface area (Å²) in [5.41, 5.74) is 8.63. The van der Waals surface area contributed by atoms with Crippen molar-refractivity contribution in [2.24, 2.45) is 0 Å². The summed E-state index contributed by atoms with van der Waals surface area (Å²) in [6, 6.07) is 24.8. The van der Waals surface area contributed by atoms with Crippen molar-refractivity contribution in [3.05, 3.63) is 106 Å². The summed E-state index contributed by atoms with van der Waals surface area (Å²) in [6.45, 7) is 10.9. The van der Waals surface area contributed by atoms with Crippen LogP contribution in [0.25, 0.3) is 11.4 Å². The van der Waals surface area contributed by atoms with Gasteiger partial charge in [0.15, 0.2) is 5.82 Å². The van der Waals surface area contributed by atoms with E-state index in [9.17, 15) is 4.79 Å². The summed E-state index contributed by atoms with van der Waals surface area (Å²) in [7, 11) is 0. The molecule has 2 amide bonds. The van der Waals surface area contributed by atoms with Crippen LogP contribution in [0.15, 0.2) is 72.8 Å². The Morgan fingerprint density at radius 3 is 2.11 bits per heavy atom. The number of rotatable bonds is 5. The molecule has 0 aliphatic carbocycles. The smallest absolute Gasteiger partial charge is 0.321 e. The third-order valence-electron chi connectivity index (χ3n) is 7.31. The van der Waals surface area contributed by atoms with Crippen molar-refractivity contribution in [2.45, 2.75) is 34.1 Å². The maximum absolute atomic E-state index is 13.1. The van der Waals surface area contributed by atoms with Gasteiger partial charge in [-0.3, -0.25) is 0 Å². The minimum Gasteiger partial charge on any atom is -0.353 e. The zero-order valence-corrected chi connectivity index (χ0v) is 22.7. The maximum atomic E-state index is 13.1. The third-order valence-corrected chi connectivity index (χ3v) is 7.31. The molecule has 5 rings (SSSR count). The van der Waals surface area contributed by atoms with E-state index in [2.05, 4.69) is 72.6 Å². The fraction of sp³-hybridized carbons (Fsp3) is 0.281. The first-order valence-electron chi connectivity index (χ1n) is 13.2. The number of nitrogens with zero attached hydrogens (tertiary/aromatic N) is 4.